The molecule has 0 radical (unpaired) electrons. The van der Waals surface area contributed by atoms with E-state index < -0.39 is 17.9 Å². The summed E-state index contributed by atoms with van der Waals surface area (Å²) in [6.07, 6.45) is 0.323. The number of carbonyl (C=O) groups is 2. The number of esters is 1. The van der Waals surface area contributed by atoms with Gasteiger partial charge in [-0.1, -0.05) is 42.5 Å². The molecule has 0 fully saturated rings. The Balaban J connectivity index is 1.96. The van der Waals surface area contributed by atoms with Crippen LogP contribution in [-0.2, 0) is 27.4 Å². The maximum atomic E-state index is 12.0. The molecule has 0 heterocycles. The number of hydrogen-bond acceptors (Lipinski definition) is 5. The zero-order valence-electron chi connectivity index (χ0n) is 14.8. The second-order valence-corrected chi connectivity index (χ2v) is 5.70. The molecule has 1 amide bonds. The maximum Gasteiger partial charge on any atom is 0.328 e. The Morgan fingerprint density at radius 2 is 1.73 bits per heavy atom. The van der Waals surface area contributed by atoms with E-state index in [2.05, 4.69) is 5.32 Å². The summed E-state index contributed by atoms with van der Waals surface area (Å²) in [5, 5.41) is 2.59. The molecule has 1 atom stereocenters. The average molecular weight is 356 g/mol. The largest absolute Gasteiger partial charge is 0.489 e. The molecule has 26 heavy (non-hydrogen) atoms. The van der Waals surface area contributed by atoms with Crippen LogP contribution in [0.2, 0.25) is 0 Å². The Kier molecular flexibility index (Phi) is 7.64. The van der Waals surface area contributed by atoms with E-state index in [0.717, 1.165) is 16.9 Å². The second-order valence-electron chi connectivity index (χ2n) is 5.70. The molecule has 2 aromatic carbocycles. The molecule has 0 bridgehead atoms. The molecule has 0 aliphatic rings. The van der Waals surface area contributed by atoms with Crippen molar-refractivity contribution in [2.24, 2.45) is 5.73 Å². The fraction of sp³-hybridized carbons (Fsp3) is 0.300. The van der Waals surface area contributed by atoms with Gasteiger partial charge in [0, 0.05) is 6.42 Å². The molecule has 0 aromatic heterocycles. The van der Waals surface area contributed by atoms with Crippen LogP contribution in [-0.4, -0.2) is 31.1 Å². The number of ether oxygens (including phenoxy) is 2. The Hall–Kier alpha value is -2.86. The van der Waals surface area contributed by atoms with Gasteiger partial charge in [0.25, 0.3) is 0 Å². The van der Waals surface area contributed by atoms with Gasteiger partial charge >= 0.3 is 5.97 Å². The summed E-state index contributed by atoms with van der Waals surface area (Å²) in [5.74, 6) is -0.138. The van der Waals surface area contributed by atoms with Gasteiger partial charge in [-0.15, -0.1) is 0 Å². The maximum absolute atomic E-state index is 12.0. The molecule has 0 spiro atoms. The monoisotopic (exact) mass is 356 g/mol. The van der Waals surface area contributed by atoms with Crippen molar-refractivity contribution >= 4 is 11.9 Å². The predicted octanol–water partition coefficient (Wildman–Crippen LogP) is 1.81. The molecule has 0 aliphatic carbocycles. The third kappa shape index (κ3) is 6.22. The Morgan fingerprint density at radius 3 is 2.35 bits per heavy atom. The van der Waals surface area contributed by atoms with Crippen LogP contribution in [0.3, 0.4) is 0 Å². The standard InChI is InChI=1S/C20H24N2O4/c1-2-25-20(24)18(22-19(23)13-21)12-15-8-10-17(11-9-15)26-14-16-6-4-3-5-7-16/h3-11,18H,2,12-14,21H2,1H3,(H,22,23). The molecule has 3 N–H and O–H groups in total. The van der Waals surface area contributed by atoms with Crippen LogP contribution in [0, 0.1) is 0 Å². The number of benzene rings is 2. The van der Waals surface area contributed by atoms with Crippen LogP contribution in [0.1, 0.15) is 18.1 Å². The lowest BCUT2D eigenvalue weighted by atomic mass is 10.1. The molecular formula is C20H24N2O4. The summed E-state index contributed by atoms with van der Waals surface area (Å²) < 4.78 is 10.8. The first kappa shape index (κ1) is 19.5. The molecule has 1 unspecified atom stereocenters. The summed E-state index contributed by atoms with van der Waals surface area (Å²) >= 11 is 0. The van der Waals surface area contributed by atoms with Crippen LogP contribution in [0.4, 0.5) is 0 Å². The normalized spacial score (nSPS) is 11.5. The van der Waals surface area contributed by atoms with E-state index in [0.29, 0.717) is 13.0 Å². The SMILES string of the molecule is CCOC(=O)C(Cc1ccc(OCc2ccccc2)cc1)NC(=O)CN. The van der Waals surface area contributed by atoms with Crippen molar-refractivity contribution in [2.75, 3.05) is 13.2 Å². The molecule has 2 aromatic rings. The number of rotatable bonds is 9. The summed E-state index contributed by atoms with van der Waals surface area (Å²) in [6, 6.07) is 16.5. The van der Waals surface area contributed by atoms with E-state index >= 15 is 0 Å². The highest BCUT2D eigenvalue weighted by atomic mass is 16.5. The fourth-order valence-corrected chi connectivity index (χ4v) is 2.39. The van der Waals surface area contributed by atoms with Gasteiger partial charge in [0.1, 0.15) is 18.4 Å². The molecule has 0 saturated carbocycles. The van der Waals surface area contributed by atoms with Gasteiger partial charge in [-0.2, -0.15) is 0 Å². The van der Waals surface area contributed by atoms with Gasteiger partial charge < -0.3 is 20.5 Å². The minimum Gasteiger partial charge on any atom is -0.489 e. The smallest absolute Gasteiger partial charge is 0.328 e. The third-order valence-corrected chi connectivity index (χ3v) is 3.70. The number of nitrogens with two attached hydrogens (primary N) is 1. The van der Waals surface area contributed by atoms with E-state index in [1.807, 2.05) is 54.6 Å². The molecular weight excluding hydrogens is 332 g/mol. The molecule has 0 saturated heterocycles. The number of nitrogens with one attached hydrogen (secondary N) is 1. The van der Waals surface area contributed by atoms with Gasteiger partial charge in [0.05, 0.1) is 13.2 Å². The molecule has 6 nitrogen and oxygen atoms in total. The van der Waals surface area contributed by atoms with Crippen molar-refractivity contribution in [2.45, 2.75) is 26.0 Å². The van der Waals surface area contributed by atoms with Crippen molar-refractivity contribution in [1.29, 1.82) is 0 Å². The third-order valence-electron chi connectivity index (χ3n) is 3.70. The minimum atomic E-state index is -0.762. The fourth-order valence-electron chi connectivity index (χ4n) is 2.39. The highest BCUT2D eigenvalue weighted by molar-refractivity contribution is 5.85. The molecule has 0 aliphatic heterocycles. The predicted molar refractivity (Wildman–Crippen MR) is 98.5 cm³/mol. The van der Waals surface area contributed by atoms with E-state index in [-0.39, 0.29) is 13.2 Å². The minimum absolute atomic E-state index is 0.178. The summed E-state index contributed by atoms with van der Waals surface area (Å²) in [5.41, 5.74) is 7.28. The van der Waals surface area contributed by atoms with Crippen LogP contribution in [0.5, 0.6) is 5.75 Å². The average Bonchev–Trinajstić information content (AvgIpc) is 2.67. The van der Waals surface area contributed by atoms with Gasteiger partial charge in [-0.3, -0.25) is 4.79 Å². The number of amides is 1. The lowest BCUT2D eigenvalue weighted by Crippen LogP contribution is -2.45. The topological polar surface area (TPSA) is 90.6 Å². The van der Waals surface area contributed by atoms with Crippen molar-refractivity contribution < 1.29 is 19.1 Å². The summed E-state index contributed by atoms with van der Waals surface area (Å²) in [7, 11) is 0. The van der Waals surface area contributed by atoms with Crippen molar-refractivity contribution in [3.8, 4) is 5.75 Å². The quantitative estimate of drug-likeness (QED) is 0.669. The molecule has 138 valence electrons. The number of hydrogen-bond donors (Lipinski definition) is 2. The van der Waals surface area contributed by atoms with E-state index in [1.165, 1.54) is 0 Å². The zero-order chi connectivity index (χ0) is 18.8. The first-order valence-corrected chi connectivity index (χ1v) is 8.54. The molecule has 2 rings (SSSR count). The van der Waals surface area contributed by atoms with E-state index in [4.69, 9.17) is 15.2 Å². The lowest BCUT2D eigenvalue weighted by molar-refractivity contribution is -0.147. The Morgan fingerprint density at radius 1 is 1.04 bits per heavy atom. The van der Waals surface area contributed by atoms with Crippen molar-refractivity contribution in [3.63, 3.8) is 0 Å². The zero-order valence-corrected chi connectivity index (χ0v) is 14.8. The Labute approximate surface area is 153 Å². The van der Waals surface area contributed by atoms with Crippen molar-refractivity contribution in [3.05, 3.63) is 65.7 Å². The lowest BCUT2D eigenvalue weighted by Gasteiger charge is -2.17. The number of carbonyl (C=O) groups excluding carboxylic acids is 2. The summed E-state index contributed by atoms with van der Waals surface area (Å²) in [6.45, 7) is 2.28. The van der Waals surface area contributed by atoms with Crippen LogP contribution < -0.4 is 15.8 Å². The summed E-state index contributed by atoms with van der Waals surface area (Å²) in [4.78, 5) is 23.6. The van der Waals surface area contributed by atoms with E-state index in [1.54, 1.807) is 6.92 Å². The van der Waals surface area contributed by atoms with E-state index in [9.17, 15) is 9.59 Å². The second kappa shape index (κ2) is 10.2. The Bertz CT molecular complexity index is 702. The highest BCUT2D eigenvalue weighted by Crippen LogP contribution is 2.15. The van der Waals surface area contributed by atoms with Gasteiger partial charge in [0.15, 0.2) is 0 Å². The van der Waals surface area contributed by atoms with Gasteiger partial charge in [-0.25, -0.2) is 4.79 Å². The van der Waals surface area contributed by atoms with Crippen LogP contribution in [0.25, 0.3) is 0 Å². The first-order valence-electron chi connectivity index (χ1n) is 8.54. The van der Waals surface area contributed by atoms with Gasteiger partial charge in [-0.05, 0) is 30.2 Å². The van der Waals surface area contributed by atoms with Crippen molar-refractivity contribution in [1.82, 2.24) is 5.32 Å². The van der Waals surface area contributed by atoms with Gasteiger partial charge in [0.2, 0.25) is 5.91 Å². The first-order chi connectivity index (χ1) is 12.6. The highest BCUT2D eigenvalue weighted by Gasteiger charge is 2.22. The van der Waals surface area contributed by atoms with Crippen LogP contribution in [0.15, 0.2) is 54.6 Å². The van der Waals surface area contributed by atoms with Crippen LogP contribution >= 0.6 is 0 Å². The molecule has 6 heteroatoms.